The van der Waals surface area contributed by atoms with E-state index in [-0.39, 0.29) is 18.0 Å². The summed E-state index contributed by atoms with van der Waals surface area (Å²) < 4.78 is 0. The zero-order valence-electron chi connectivity index (χ0n) is 14.7. The van der Waals surface area contributed by atoms with Crippen LogP contribution < -0.4 is 15.5 Å². The molecule has 1 aromatic heterocycles. The van der Waals surface area contributed by atoms with E-state index in [9.17, 15) is 9.59 Å². The molecule has 1 atom stereocenters. The number of carbonyl (C=O) groups is 2. The van der Waals surface area contributed by atoms with Crippen molar-refractivity contribution in [1.29, 1.82) is 0 Å². The van der Waals surface area contributed by atoms with E-state index in [0.29, 0.717) is 19.3 Å². The molecule has 0 radical (unpaired) electrons. The van der Waals surface area contributed by atoms with E-state index >= 15 is 0 Å². The Hall–Kier alpha value is -2.83. The fourth-order valence-electron chi connectivity index (χ4n) is 3.07. The van der Waals surface area contributed by atoms with Crippen molar-refractivity contribution >= 4 is 23.3 Å². The van der Waals surface area contributed by atoms with Crippen molar-refractivity contribution in [3.05, 3.63) is 41.2 Å². The maximum atomic E-state index is 12.2. The zero-order chi connectivity index (χ0) is 18.0. The topological polar surface area (TPSA) is 90.1 Å². The Morgan fingerprint density at radius 2 is 2.16 bits per heavy atom. The second kappa shape index (κ2) is 6.96. The van der Waals surface area contributed by atoms with Crippen molar-refractivity contribution in [3.63, 3.8) is 0 Å². The smallest absolute Gasteiger partial charge is 0.319 e. The molecule has 0 spiro atoms. The monoisotopic (exact) mass is 341 g/mol. The van der Waals surface area contributed by atoms with E-state index in [4.69, 9.17) is 0 Å². The molecule has 0 fully saturated rings. The number of carbonyl (C=O) groups excluding carboxylic acids is 2. The van der Waals surface area contributed by atoms with Crippen molar-refractivity contribution in [2.75, 3.05) is 17.3 Å². The minimum Gasteiger partial charge on any atom is -0.335 e. The molecule has 0 saturated carbocycles. The average Bonchev–Trinajstić information content (AvgIpc) is 2.95. The van der Waals surface area contributed by atoms with Crippen LogP contribution in [0.5, 0.6) is 0 Å². The Labute approximate surface area is 146 Å². The molecule has 3 N–H and O–H groups in total. The molecule has 25 heavy (non-hydrogen) atoms. The molecule has 0 unspecified atom stereocenters. The first-order valence-electron chi connectivity index (χ1n) is 8.40. The molecule has 1 aliphatic heterocycles. The molecule has 1 aliphatic rings. The fourth-order valence-corrected chi connectivity index (χ4v) is 3.07. The molecule has 0 bridgehead atoms. The highest BCUT2D eigenvalue weighted by atomic mass is 16.2. The quantitative estimate of drug-likeness (QED) is 0.797. The van der Waals surface area contributed by atoms with Gasteiger partial charge in [0.2, 0.25) is 5.91 Å². The van der Waals surface area contributed by atoms with Crippen LogP contribution >= 0.6 is 0 Å². The van der Waals surface area contributed by atoms with Crippen LogP contribution in [0.2, 0.25) is 0 Å². The van der Waals surface area contributed by atoms with Gasteiger partial charge in [-0.15, -0.1) is 0 Å². The molecule has 0 aliphatic carbocycles. The first-order chi connectivity index (χ1) is 11.9. The highest BCUT2D eigenvalue weighted by molar-refractivity contribution is 5.97. The number of anilines is 2. The molecule has 7 heteroatoms. The van der Waals surface area contributed by atoms with Crippen molar-refractivity contribution in [3.8, 4) is 0 Å². The van der Waals surface area contributed by atoms with Crippen LogP contribution in [0.3, 0.4) is 0 Å². The zero-order valence-corrected chi connectivity index (χ0v) is 14.7. The Balaban J connectivity index is 1.58. The van der Waals surface area contributed by atoms with E-state index in [1.165, 1.54) is 0 Å². The lowest BCUT2D eigenvalue weighted by Gasteiger charge is -2.26. The van der Waals surface area contributed by atoms with Gasteiger partial charge in [0.25, 0.3) is 0 Å². The normalized spacial score (nSPS) is 14.8. The van der Waals surface area contributed by atoms with Gasteiger partial charge < -0.3 is 15.5 Å². The molecule has 1 aromatic carbocycles. The number of hydrogen-bond acceptors (Lipinski definition) is 3. The fraction of sp³-hybridized carbons (Fsp3) is 0.389. The predicted octanol–water partition coefficient (Wildman–Crippen LogP) is 2.38. The lowest BCUT2D eigenvalue weighted by Crippen LogP contribution is -2.37. The van der Waals surface area contributed by atoms with Gasteiger partial charge >= 0.3 is 6.03 Å². The van der Waals surface area contributed by atoms with E-state index in [2.05, 4.69) is 20.8 Å². The minimum absolute atomic E-state index is 0.0379. The molecular weight excluding hydrogens is 318 g/mol. The molecular formula is C18H23N5O2. The molecule has 2 heterocycles. The van der Waals surface area contributed by atoms with Crippen molar-refractivity contribution < 1.29 is 9.59 Å². The highest BCUT2D eigenvalue weighted by Crippen LogP contribution is 2.29. The number of amides is 3. The van der Waals surface area contributed by atoms with Crippen LogP contribution in [-0.4, -0.2) is 35.2 Å². The van der Waals surface area contributed by atoms with Crippen LogP contribution in [0.25, 0.3) is 0 Å². The summed E-state index contributed by atoms with van der Waals surface area (Å²) in [6.45, 7) is 3.89. The van der Waals surface area contributed by atoms with Gasteiger partial charge in [0.15, 0.2) is 0 Å². The molecule has 3 rings (SSSR count). The van der Waals surface area contributed by atoms with Crippen molar-refractivity contribution in [1.82, 2.24) is 15.5 Å². The summed E-state index contributed by atoms with van der Waals surface area (Å²) in [5, 5.41) is 12.8. The van der Waals surface area contributed by atoms with E-state index in [0.717, 1.165) is 28.3 Å². The number of rotatable bonds is 4. The Morgan fingerprint density at radius 1 is 1.36 bits per heavy atom. The number of nitrogens with zero attached hydrogens (tertiary/aromatic N) is 2. The third-order valence-electron chi connectivity index (χ3n) is 4.33. The summed E-state index contributed by atoms with van der Waals surface area (Å²) in [6, 6.07) is 7.30. The van der Waals surface area contributed by atoms with Crippen LogP contribution in [0.4, 0.5) is 16.2 Å². The number of benzene rings is 1. The Kier molecular flexibility index (Phi) is 4.74. The largest absolute Gasteiger partial charge is 0.335 e. The van der Waals surface area contributed by atoms with Gasteiger partial charge in [-0.25, -0.2) is 4.79 Å². The van der Waals surface area contributed by atoms with Gasteiger partial charge in [-0.1, -0.05) is 0 Å². The number of hydrogen-bond donors (Lipinski definition) is 3. The van der Waals surface area contributed by atoms with Gasteiger partial charge in [0.05, 0.1) is 5.69 Å². The third-order valence-corrected chi connectivity index (χ3v) is 4.33. The number of urea groups is 1. The number of aromatic nitrogens is 2. The van der Waals surface area contributed by atoms with Gasteiger partial charge in [-0.3, -0.25) is 9.89 Å². The van der Waals surface area contributed by atoms with Gasteiger partial charge in [0.1, 0.15) is 0 Å². The second-order valence-electron chi connectivity index (χ2n) is 6.54. The molecule has 2 aromatic rings. The predicted molar refractivity (Wildman–Crippen MR) is 96.8 cm³/mol. The Bertz CT molecular complexity index is 799. The van der Waals surface area contributed by atoms with Gasteiger partial charge in [-0.2, -0.15) is 5.10 Å². The van der Waals surface area contributed by atoms with Gasteiger partial charge in [-0.05, 0) is 50.1 Å². The molecule has 0 saturated heterocycles. The summed E-state index contributed by atoms with van der Waals surface area (Å²) in [6.07, 6.45) is 1.86. The standard InChI is InChI=1S/C18H23N5O2/c1-11(8-15-9-12(2)21-22-15)19-18(25)20-14-5-6-16-13(10-14)4-7-17(24)23(16)3/h5-6,9-11H,4,7-8H2,1-3H3,(H,21,22)(H2,19,20,25)/t11-/m1/s1. The summed E-state index contributed by atoms with van der Waals surface area (Å²) >= 11 is 0. The molecule has 7 nitrogen and oxygen atoms in total. The third kappa shape index (κ3) is 3.99. The first kappa shape index (κ1) is 17.0. The maximum Gasteiger partial charge on any atom is 0.319 e. The highest BCUT2D eigenvalue weighted by Gasteiger charge is 2.21. The minimum atomic E-state index is -0.250. The van der Waals surface area contributed by atoms with Crippen LogP contribution in [0.15, 0.2) is 24.3 Å². The number of aryl methyl sites for hydroxylation is 2. The number of nitrogens with one attached hydrogen (secondary N) is 3. The number of aromatic amines is 1. The first-order valence-corrected chi connectivity index (χ1v) is 8.40. The van der Waals surface area contributed by atoms with E-state index in [1.54, 1.807) is 11.9 Å². The maximum absolute atomic E-state index is 12.2. The van der Waals surface area contributed by atoms with Gasteiger partial charge in [0, 0.05) is 43.0 Å². The number of H-pyrrole nitrogens is 1. The lowest BCUT2D eigenvalue weighted by molar-refractivity contribution is -0.118. The van der Waals surface area contributed by atoms with Crippen molar-refractivity contribution in [2.24, 2.45) is 0 Å². The molecule has 132 valence electrons. The van der Waals surface area contributed by atoms with E-state index in [1.807, 2.05) is 38.1 Å². The average molecular weight is 341 g/mol. The summed E-state index contributed by atoms with van der Waals surface area (Å²) in [5.74, 6) is 0.119. The molecule has 3 amide bonds. The summed E-state index contributed by atoms with van der Waals surface area (Å²) in [4.78, 5) is 25.6. The van der Waals surface area contributed by atoms with Crippen LogP contribution in [0.1, 0.15) is 30.3 Å². The summed E-state index contributed by atoms with van der Waals surface area (Å²) in [5.41, 5.74) is 4.63. The lowest BCUT2D eigenvalue weighted by atomic mass is 10.0. The van der Waals surface area contributed by atoms with E-state index < -0.39 is 0 Å². The van der Waals surface area contributed by atoms with Crippen molar-refractivity contribution in [2.45, 2.75) is 39.2 Å². The Morgan fingerprint density at radius 3 is 2.88 bits per heavy atom. The van der Waals surface area contributed by atoms with Crippen LogP contribution in [-0.2, 0) is 17.6 Å². The number of fused-ring (bicyclic) bond motifs is 1. The van der Waals surface area contributed by atoms with Crippen LogP contribution in [0, 0.1) is 6.92 Å². The SMILES string of the molecule is Cc1cc(C[C@@H](C)NC(=O)Nc2ccc3c(c2)CCC(=O)N3C)n[nH]1. The summed E-state index contributed by atoms with van der Waals surface area (Å²) in [7, 11) is 1.78. The second-order valence-corrected chi connectivity index (χ2v) is 6.54.